The Morgan fingerprint density at radius 1 is 1.22 bits per heavy atom. The van der Waals surface area contributed by atoms with Gasteiger partial charge in [-0.25, -0.2) is 13.8 Å². The quantitative estimate of drug-likeness (QED) is 0.873. The maximum atomic E-state index is 14.3. The van der Waals surface area contributed by atoms with Crippen LogP contribution >= 0.6 is 11.6 Å². The van der Waals surface area contributed by atoms with Gasteiger partial charge in [-0.1, -0.05) is 11.6 Å². The molecule has 1 atom stereocenters. The van der Waals surface area contributed by atoms with Crippen LogP contribution in [0.25, 0.3) is 11.3 Å². The number of pyridine rings is 2. The normalized spacial score (nSPS) is 19.0. The van der Waals surface area contributed by atoms with Crippen LogP contribution < -0.4 is 0 Å². The van der Waals surface area contributed by atoms with Crippen molar-refractivity contribution >= 4 is 11.6 Å². The zero-order valence-electron chi connectivity index (χ0n) is 12.3. The average molecular weight is 340 g/mol. The number of hydrogen-bond acceptors (Lipinski definition) is 4. The van der Waals surface area contributed by atoms with Crippen molar-refractivity contribution in [3.05, 3.63) is 46.9 Å². The van der Waals surface area contributed by atoms with Gasteiger partial charge in [-0.15, -0.1) is 0 Å². The molecule has 0 unspecified atom stereocenters. The molecule has 0 aromatic carbocycles. The fraction of sp³-hybridized carbons (Fsp3) is 0.375. The molecule has 1 fully saturated rings. The molecule has 0 saturated carbocycles. The highest BCUT2D eigenvalue weighted by atomic mass is 35.5. The first-order valence-electron chi connectivity index (χ1n) is 7.39. The lowest BCUT2D eigenvalue weighted by Gasteiger charge is -2.29. The third-order valence-electron chi connectivity index (χ3n) is 3.86. The van der Waals surface area contributed by atoms with E-state index >= 15 is 0 Å². The van der Waals surface area contributed by atoms with Crippen molar-refractivity contribution in [3.8, 4) is 11.3 Å². The first kappa shape index (κ1) is 16.2. The molecular weight excluding hydrogens is 324 g/mol. The van der Waals surface area contributed by atoms with Crippen LogP contribution in [-0.2, 0) is 6.54 Å². The van der Waals surface area contributed by atoms with Gasteiger partial charge in [0.15, 0.2) is 0 Å². The van der Waals surface area contributed by atoms with Crippen molar-refractivity contribution in [1.82, 2.24) is 14.9 Å². The molecule has 3 rings (SSSR count). The number of β-amino-alcohol motifs (C(OH)–C–C–N with tert-alkyl or cyclic N) is 1. The molecule has 0 bridgehead atoms. The molecule has 1 N–H and O–H groups in total. The lowest BCUT2D eigenvalue weighted by Crippen LogP contribution is -2.37. The first-order chi connectivity index (χ1) is 11.0. The number of rotatable bonds is 3. The van der Waals surface area contributed by atoms with E-state index in [0.717, 1.165) is 25.5 Å². The van der Waals surface area contributed by atoms with E-state index in [0.29, 0.717) is 18.7 Å². The van der Waals surface area contributed by atoms with Crippen LogP contribution in [0, 0.1) is 11.6 Å². The highest BCUT2D eigenvalue weighted by Gasteiger charge is 2.19. The number of likely N-dealkylation sites (tertiary alicyclic amines) is 1. The second-order valence-electron chi connectivity index (χ2n) is 5.69. The Morgan fingerprint density at radius 2 is 2.04 bits per heavy atom. The Morgan fingerprint density at radius 3 is 2.74 bits per heavy atom. The van der Waals surface area contributed by atoms with Crippen LogP contribution in [0.3, 0.4) is 0 Å². The summed E-state index contributed by atoms with van der Waals surface area (Å²) < 4.78 is 28.2. The molecule has 0 spiro atoms. The average Bonchev–Trinajstić information content (AvgIpc) is 2.48. The van der Waals surface area contributed by atoms with Crippen molar-refractivity contribution in [2.24, 2.45) is 0 Å². The van der Waals surface area contributed by atoms with Gasteiger partial charge in [-0.3, -0.25) is 9.88 Å². The van der Waals surface area contributed by atoms with Gasteiger partial charge in [-0.05, 0) is 31.0 Å². The van der Waals surface area contributed by atoms with Crippen LogP contribution in [0.15, 0.2) is 24.5 Å². The van der Waals surface area contributed by atoms with E-state index in [9.17, 15) is 13.9 Å². The minimum atomic E-state index is -0.664. The zero-order chi connectivity index (χ0) is 16.4. The Labute approximate surface area is 137 Å². The Hall–Kier alpha value is -1.63. The molecule has 2 aromatic heterocycles. The van der Waals surface area contributed by atoms with Crippen LogP contribution in [0.1, 0.15) is 18.4 Å². The number of aromatic nitrogens is 2. The molecule has 7 heteroatoms. The van der Waals surface area contributed by atoms with Crippen LogP contribution in [0.4, 0.5) is 8.78 Å². The number of nitrogens with zero attached hydrogens (tertiary/aromatic N) is 3. The monoisotopic (exact) mass is 339 g/mol. The molecule has 1 aliphatic heterocycles. The minimum Gasteiger partial charge on any atom is -0.392 e. The molecule has 0 amide bonds. The molecule has 122 valence electrons. The number of piperidine rings is 1. The Bertz CT molecular complexity index is 714. The molecule has 0 radical (unpaired) electrons. The van der Waals surface area contributed by atoms with Crippen LogP contribution in [-0.4, -0.2) is 39.2 Å². The lowest BCUT2D eigenvalue weighted by atomic mass is 10.1. The summed E-state index contributed by atoms with van der Waals surface area (Å²) in [6.07, 6.45) is 4.06. The fourth-order valence-corrected chi connectivity index (χ4v) is 2.92. The first-order valence-corrected chi connectivity index (χ1v) is 7.77. The van der Waals surface area contributed by atoms with E-state index in [1.807, 2.05) is 0 Å². The highest BCUT2D eigenvalue weighted by molar-refractivity contribution is 6.29. The van der Waals surface area contributed by atoms with Gasteiger partial charge in [-0.2, -0.15) is 0 Å². The van der Waals surface area contributed by atoms with E-state index < -0.39 is 11.6 Å². The van der Waals surface area contributed by atoms with E-state index in [4.69, 9.17) is 11.6 Å². The summed E-state index contributed by atoms with van der Waals surface area (Å²) in [5.41, 5.74) is 0.573. The third kappa shape index (κ3) is 3.83. The molecule has 1 saturated heterocycles. The molecular formula is C16H16ClF2N3O. The van der Waals surface area contributed by atoms with E-state index in [1.54, 1.807) is 0 Å². The van der Waals surface area contributed by atoms with Crippen molar-refractivity contribution < 1.29 is 13.9 Å². The van der Waals surface area contributed by atoms with Gasteiger partial charge in [0.2, 0.25) is 0 Å². The van der Waals surface area contributed by atoms with Gasteiger partial charge >= 0.3 is 0 Å². The van der Waals surface area contributed by atoms with Gasteiger partial charge < -0.3 is 5.11 Å². The van der Waals surface area contributed by atoms with Crippen molar-refractivity contribution in [3.63, 3.8) is 0 Å². The summed E-state index contributed by atoms with van der Waals surface area (Å²) in [5, 5.41) is 9.67. The second-order valence-corrected chi connectivity index (χ2v) is 6.08. The summed E-state index contributed by atoms with van der Waals surface area (Å²) in [6.45, 7) is 1.93. The largest absolute Gasteiger partial charge is 0.392 e. The summed E-state index contributed by atoms with van der Waals surface area (Å²) in [6, 6.07) is 2.37. The molecule has 1 aliphatic rings. The van der Waals surface area contributed by atoms with Crippen molar-refractivity contribution in [1.29, 1.82) is 0 Å². The second kappa shape index (κ2) is 6.86. The lowest BCUT2D eigenvalue weighted by molar-refractivity contribution is 0.0667. The fourth-order valence-electron chi connectivity index (χ4n) is 2.78. The summed E-state index contributed by atoms with van der Waals surface area (Å²) >= 11 is 5.60. The van der Waals surface area contributed by atoms with Crippen LogP contribution in [0.2, 0.25) is 5.15 Å². The van der Waals surface area contributed by atoms with Crippen LogP contribution in [0.5, 0.6) is 0 Å². The van der Waals surface area contributed by atoms with Gasteiger partial charge in [0.05, 0.1) is 11.7 Å². The molecule has 0 aliphatic carbocycles. The standard InChI is InChI=1S/C16H16ClF2N3O/c17-15-5-13(18)12(7-20-15)16-14(19)4-10(6-21-16)8-22-3-1-2-11(23)9-22/h4-7,11,23H,1-3,8-9H2/t11-/m1/s1. The number of hydrogen-bond donors (Lipinski definition) is 1. The topological polar surface area (TPSA) is 49.2 Å². The SMILES string of the molecule is O[C@@H]1CCCN(Cc2cnc(-c3cnc(Cl)cc3F)c(F)c2)C1. The van der Waals surface area contributed by atoms with E-state index in [2.05, 4.69) is 14.9 Å². The zero-order valence-corrected chi connectivity index (χ0v) is 13.1. The van der Waals surface area contributed by atoms with Gasteiger partial charge in [0.1, 0.15) is 22.5 Å². The molecule has 4 nitrogen and oxygen atoms in total. The number of halogens is 3. The van der Waals surface area contributed by atoms with E-state index in [-0.39, 0.29) is 22.5 Å². The molecule has 2 aromatic rings. The predicted molar refractivity (Wildman–Crippen MR) is 82.9 cm³/mol. The third-order valence-corrected chi connectivity index (χ3v) is 4.07. The molecule has 23 heavy (non-hydrogen) atoms. The van der Waals surface area contributed by atoms with Crippen molar-refractivity contribution in [2.45, 2.75) is 25.5 Å². The number of aliphatic hydroxyl groups excluding tert-OH is 1. The number of aliphatic hydroxyl groups is 1. The van der Waals surface area contributed by atoms with Crippen molar-refractivity contribution in [2.75, 3.05) is 13.1 Å². The smallest absolute Gasteiger partial charge is 0.149 e. The highest BCUT2D eigenvalue weighted by Crippen LogP contribution is 2.25. The Balaban J connectivity index is 1.80. The maximum Gasteiger partial charge on any atom is 0.149 e. The molecule has 3 heterocycles. The summed E-state index contributed by atoms with van der Waals surface area (Å²) in [5.74, 6) is -1.27. The van der Waals surface area contributed by atoms with Gasteiger partial charge in [0.25, 0.3) is 0 Å². The minimum absolute atomic E-state index is 0.00642. The van der Waals surface area contributed by atoms with Gasteiger partial charge in [0, 0.05) is 31.5 Å². The predicted octanol–water partition coefficient (Wildman–Crippen LogP) is 3.03. The summed E-state index contributed by atoms with van der Waals surface area (Å²) in [4.78, 5) is 9.85. The summed E-state index contributed by atoms with van der Waals surface area (Å²) in [7, 11) is 0. The maximum absolute atomic E-state index is 14.3. The Kier molecular flexibility index (Phi) is 4.84. The van der Waals surface area contributed by atoms with E-state index in [1.165, 1.54) is 18.5 Å².